The van der Waals surface area contributed by atoms with Crippen LogP contribution >= 0.6 is 0 Å². The summed E-state index contributed by atoms with van der Waals surface area (Å²) in [6, 6.07) is 7.00. The van der Waals surface area contributed by atoms with Crippen LogP contribution in [0.2, 0.25) is 0 Å². The summed E-state index contributed by atoms with van der Waals surface area (Å²) in [4.78, 5) is 24.2. The van der Waals surface area contributed by atoms with Gasteiger partial charge in [-0.25, -0.2) is 4.90 Å². The van der Waals surface area contributed by atoms with E-state index >= 15 is 0 Å². The minimum Gasteiger partial charge on any atom is -0.464 e. The molecule has 0 spiro atoms. The summed E-state index contributed by atoms with van der Waals surface area (Å²) in [7, 11) is 0. The smallest absolute Gasteiger partial charge is 0.258 e. The van der Waals surface area contributed by atoms with Gasteiger partial charge in [-0.05, 0) is 18.2 Å². The molecule has 1 aliphatic heterocycles. The number of furan rings is 1. The number of imide groups is 1. The van der Waals surface area contributed by atoms with Crippen molar-refractivity contribution in [1.82, 2.24) is 0 Å². The third-order valence-electron chi connectivity index (χ3n) is 2.52. The molecule has 4 nitrogen and oxygen atoms in total. The Balaban J connectivity index is 2.23. The molecule has 0 atom stereocenters. The highest BCUT2D eigenvalue weighted by molar-refractivity contribution is 6.30. The maximum absolute atomic E-state index is 11.5. The molecule has 0 saturated carbocycles. The van der Waals surface area contributed by atoms with E-state index < -0.39 is 0 Å². The number of fused-ring (bicyclic) bond motifs is 1. The van der Waals surface area contributed by atoms with Crippen LogP contribution in [-0.4, -0.2) is 11.8 Å². The molecule has 2 heterocycles. The average Bonchev–Trinajstić information content (AvgIpc) is 2.86. The summed E-state index contributed by atoms with van der Waals surface area (Å²) in [5.74, 6) is -0.641. The van der Waals surface area contributed by atoms with Crippen molar-refractivity contribution in [3.63, 3.8) is 0 Å². The van der Waals surface area contributed by atoms with Gasteiger partial charge >= 0.3 is 0 Å². The molecule has 0 fully saturated rings. The van der Waals surface area contributed by atoms with E-state index in [0.717, 1.165) is 10.3 Å². The third kappa shape index (κ3) is 1.10. The van der Waals surface area contributed by atoms with Gasteiger partial charge in [0.1, 0.15) is 5.58 Å². The summed E-state index contributed by atoms with van der Waals surface area (Å²) in [6.07, 6.45) is 4.06. The highest BCUT2D eigenvalue weighted by Crippen LogP contribution is 2.29. The van der Waals surface area contributed by atoms with Gasteiger partial charge in [0.25, 0.3) is 11.8 Å². The Labute approximate surface area is 90.8 Å². The van der Waals surface area contributed by atoms with Gasteiger partial charge in [-0.2, -0.15) is 0 Å². The van der Waals surface area contributed by atoms with Crippen LogP contribution in [0.1, 0.15) is 0 Å². The fraction of sp³-hybridized carbons (Fsp3) is 0. The Morgan fingerprint density at radius 3 is 2.50 bits per heavy atom. The summed E-state index contributed by atoms with van der Waals surface area (Å²) in [6.45, 7) is 0. The van der Waals surface area contributed by atoms with Crippen molar-refractivity contribution in [3.8, 4) is 0 Å². The lowest BCUT2D eigenvalue weighted by Crippen LogP contribution is -2.29. The van der Waals surface area contributed by atoms with Crippen LogP contribution in [-0.2, 0) is 9.59 Å². The maximum Gasteiger partial charge on any atom is 0.258 e. The van der Waals surface area contributed by atoms with Gasteiger partial charge < -0.3 is 4.42 Å². The Hall–Kier alpha value is -2.36. The molecule has 2 amide bonds. The molecule has 0 N–H and O–H groups in total. The molecule has 0 bridgehead atoms. The second kappa shape index (κ2) is 3.06. The number of anilines is 1. The van der Waals surface area contributed by atoms with Crippen LogP contribution in [0.3, 0.4) is 0 Å². The molecule has 3 rings (SSSR count). The summed E-state index contributed by atoms with van der Waals surface area (Å²) in [5.41, 5.74) is 1.22. The van der Waals surface area contributed by atoms with E-state index in [-0.39, 0.29) is 11.8 Å². The van der Waals surface area contributed by atoms with Crippen LogP contribution in [0, 0.1) is 0 Å². The van der Waals surface area contributed by atoms with Gasteiger partial charge in [-0.15, -0.1) is 0 Å². The lowest BCUT2D eigenvalue weighted by Gasteiger charge is -2.14. The first-order valence-corrected chi connectivity index (χ1v) is 4.80. The Bertz CT molecular complexity index is 606. The van der Waals surface area contributed by atoms with E-state index in [4.69, 9.17) is 4.42 Å². The van der Waals surface area contributed by atoms with Crippen LogP contribution in [0.25, 0.3) is 11.0 Å². The summed E-state index contributed by atoms with van der Waals surface area (Å²) < 4.78 is 5.22. The van der Waals surface area contributed by atoms with Crippen LogP contribution < -0.4 is 4.90 Å². The minimum atomic E-state index is -0.321. The summed E-state index contributed by atoms with van der Waals surface area (Å²) >= 11 is 0. The molecule has 0 aliphatic carbocycles. The number of hydrogen-bond donors (Lipinski definition) is 0. The van der Waals surface area contributed by atoms with E-state index in [1.807, 2.05) is 0 Å². The number of nitrogens with zero attached hydrogens (tertiary/aromatic N) is 1. The van der Waals surface area contributed by atoms with Gasteiger partial charge in [-0.1, -0.05) is 6.07 Å². The molecular weight excluding hydrogens is 206 g/mol. The monoisotopic (exact) mass is 213 g/mol. The maximum atomic E-state index is 11.5. The van der Waals surface area contributed by atoms with E-state index in [2.05, 4.69) is 0 Å². The largest absolute Gasteiger partial charge is 0.464 e. The lowest BCUT2D eigenvalue weighted by molar-refractivity contribution is -0.119. The summed E-state index contributed by atoms with van der Waals surface area (Å²) in [5, 5.41) is 0.757. The molecule has 0 saturated heterocycles. The van der Waals surface area contributed by atoms with Gasteiger partial charge in [0.05, 0.1) is 12.0 Å². The standard InChI is InChI=1S/C12H7NO3/c14-11-4-5-12(15)13(11)9-2-1-3-10-8(9)6-7-16-10/h1-7H. The van der Waals surface area contributed by atoms with Gasteiger partial charge in [0.2, 0.25) is 0 Å². The van der Waals surface area contributed by atoms with E-state index in [9.17, 15) is 9.59 Å². The second-order valence-electron chi connectivity index (χ2n) is 3.45. The predicted molar refractivity (Wildman–Crippen MR) is 57.8 cm³/mol. The van der Waals surface area contributed by atoms with Crippen molar-refractivity contribution < 1.29 is 14.0 Å². The fourth-order valence-corrected chi connectivity index (χ4v) is 1.81. The zero-order valence-corrected chi connectivity index (χ0v) is 8.21. The predicted octanol–water partition coefficient (Wildman–Crippen LogP) is 1.86. The first-order chi connectivity index (χ1) is 7.77. The molecule has 1 aromatic carbocycles. The first kappa shape index (κ1) is 8.91. The Morgan fingerprint density at radius 2 is 1.75 bits per heavy atom. The molecule has 1 aliphatic rings. The number of benzene rings is 1. The highest BCUT2D eigenvalue weighted by atomic mass is 16.3. The van der Waals surface area contributed by atoms with E-state index in [0.29, 0.717) is 11.3 Å². The van der Waals surface area contributed by atoms with Crippen molar-refractivity contribution in [2.24, 2.45) is 0 Å². The van der Waals surface area contributed by atoms with Gasteiger partial charge in [-0.3, -0.25) is 9.59 Å². The SMILES string of the molecule is O=C1C=CC(=O)N1c1cccc2occc12. The minimum absolute atomic E-state index is 0.321. The Morgan fingerprint density at radius 1 is 1.00 bits per heavy atom. The molecule has 2 aromatic rings. The molecule has 16 heavy (non-hydrogen) atoms. The number of carbonyl (C=O) groups excluding carboxylic acids is 2. The van der Waals surface area contributed by atoms with E-state index in [1.54, 1.807) is 24.3 Å². The molecule has 1 aromatic heterocycles. The lowest BCUT2D eigenvalue weighted by atomic mass is 10.2. The zero-order chi connectivity index (χ0) is 11.1. The normalized spacial score (nSPS) is 15.4. The highest BCUT2D eigenvalue weighted by Gasteiger charge is 2.26. The quantitative estimate of drug-likeness (QED) is 0.679. The van der Waals surface area contributed by atoms with Crippen molar-refractivity contribution in [1.29, 1.82) is 0 Å². The number of carbonyl (C=O) groups is 2. The van der Waals surface area contributed by atoms with Crippen LogP contribution in [0.4, 0.5) is 5.69 Å². The van der Waals surface area contributed by atoms with Gasteiger partial charge in [0, 0.05) is 17.5 Å². The topological polar surface area (TPSA) is 50.5 Å². The molecule has 0 unspecified atom stereocenters. The second-order valence-corrected chi connectivity index (χ2v) is 3.45. The number of rotatable bonds is 1. The molecule has 78 valence electrons. The van der Waals surface area contributed by atoms with Crippen LogP contribution in [0.5, 0.6) is 0 Å². The Kier molecular flexibility index (Phi) is 1.71. The number of amides is 2. The molecule has 0 radical (unpaired) electrons. The van der Waals surface area contributed by atoms with Crippen LogP contribution in [0.15, 0.2) is 47.1 Å². The molecular formula is C12H7NO3. The van der Waals surface area contributed by atoms with Crippen molar-refractivity contribution in [3.05, 3.63) is 42.7 Å². The third-order valence-corrected chi connectivity index (χ3v) is 2.52. The number of hydrogen-bond acceptors (Lipinski definition) is 3. The molecule has 4 heteroatoms. The van der Waals surface area contributed by atoms with E-state index in [1.165, 1.54) is 18.4 Å². The van der Waals surface area contributed by atoms with Crippen molar-refractivity contribution in [2.75, 3.05) is 4.90 Å². The first-order valence-electron chi connectivity index (χ1n) is 4.80. The van der Waals surface area contributed by atoms with Crippen molar-refractivity contribution in [2.45, 2.75) is 0 Å². The average molecular weight is 213 g/mol. The zero-order valence-electron chi connectivity index (χ0n) is 8.21. The van der Waals surface area contributed by atoms with Gasteiger partial charge in [0.15, 0.2) is 0 Å². The fourth-order valence-electron chi connectivity index (χ4n) is 1.81. The van der Waals surface area contributed by atoms with Crippen molar-refractivity contribution >= 4 is 28.5 Å².